The molecule has 0 saturated carbocycles. The molecule has 8 heteroatoms. The quantitative estimate of drug-likeness (QED) is 0.387. The van der Waals surface area contributed by atoms with Crippen LogP contribution in [-0.2, 0) is 9.59 Å². The highest BCUT2D eigenvalue weighted by molar-refractivity contribution is 6.39. The van der Waals surface area contributed by atoms with Gasteiger partial charge in [-0.25, -0.2) is 10.2 Å². The van der Waals surface area contributed by atoms with Crippen LogP contribution in [0, 0.1) is 0 Å². The first-order chi connectivity index (χ1) is 13.4. The van der Waals surface area contributed by atoms with Crippen molar-refractivity contribution in [2.45, 2.75) is 13.8 Å². The van der Waals surface area contributed by atoms with Crippen molar-refractivity contribution in [1.29, 1.82) is 0 Å². The third kappa shape index (κ3) is 5.66. The van der Waals surface area contributed by atoms with E-state index in [1.54, 1.807) is 0 Å². The largest absolute Gasteiger partial charge is 0.478 e. The second-order valence-corrected chi connectivity index (χ2v) is 5.80. The molecule has 0 aromatic heterocycles. The minimum Gasteiger partial charge on any atom is -0.478 e. The van der Waals surface area contributed by atoms with Crippen molar-refractivity contribution in [1.82, 2.24) is 5.43 Å². The van der Waals surface area contributed by atoms with Crippen molar-refractivity contribution in [3.05, 3.63) is 59.7 Å². The Morgan fingerprint density at radius 3 is 2.32 bits per heavy atom. The maximum absolute atomic E-state index is 11.9. The van der Waals surface area contributed by atoms with Gasteiger partial charge in [0.15, 0.2) is 0 Å². The molecule has 0 heterocycles. The SMILES string of the molecule is CCN(CC)c1ccc(/C=N/NC(=O)C(=O)Nc2cccc(C(=O)O)c2)cc1. The Morgan fingerprint density at radius 1 is 1.04 bits per heavy atom. The molecule has 0 atom stereocenters. The molecule has 0 fully saturated rings. The normalized spacial score (nSPS) is 10.5. The van der Waals surface area contributed by atoms with E-state index in [0.717, 1.165) is 24.3 Å². The van der Waals surface area contributed by atoms with Crippen LogP contribution < -0.4 is 15.6 Å². The second-order valence-electron chi connectivity index (χ2n) is 5.80. The molecule has 0 unspecified atom stereocenters. The van der Waals surface area contributed by atoms with Gasteiger partial charge in [-0.1, -0.05) is 18.2 Å². The highest BCUT2D eigenvalue weighted by Crippen LogP contribution is 2.14. The van der Waals surface area contributed by atoms with E-state index >= 15 is 0 Å². The number of rotatable bonds is 7. The minimum atomic E-state index is -1.13. The molecule has 3 N–H and O–H groups in total. The number of carboxylic acid groups (broad SMARTS) is 1. The van der Waals surface area contributed by atoms with Crippen LogP contribution in [0.3, 0.4) is 0 Å². The molecule has 0 saturated heterocycles. The van der Waals surface area contributed by atoms with E-state index in [2.05, 4.69) is 34.6 Å². The lowest BCUT2D eigenvalue weighted by molar-refractivity contribution is -0.136. The van der Waals surface area contributed by atoms with Crippen LogP contribution in [0.4, 0.5) is 11.4 Å². The van der Waals surface area contributed by atoms with Crippen LogP contribution in [0.25, 0.3) is 0 Å². The maximum atomic E-state index is 11.9. The molecule has 146 valence electrons. The molecule has 28 heavy (non-hydrogen) atoms. The van der Waals surface area contributed by atoms with E-state index in [-0.39, 0.29) is 11.3 Å². The maximum Gasteiger partial charge on any atom is 0.335 e. The number of hydrogen-bond acceptors (Lipinski definition) is 5. The first-order valence-electron chi connectivity index (χ1n) is 8.77. The topological polar surface area (TPSA) is 111 Å². The van der Waals surface area contributed by atoms with E-state index in [1.807, 2.05) is 24.3 Å². The second kappa shape index (κ2) is 9.86. The van der Waals surface area contributed by atoms with Crippen LogP contribution in [0.2, 0.25) is 0 Å². The molecule has 0 bridgehead atoms. The zero-order valence-corrected chi connectivity index (χ0v) is 15.7. The van der Waals surface area contributed by atoms with Gasteiger partial charge >= 0.3 is 17.8 Å². The predicted molar refractivity (Wildman–Crippen MR) is 108 cm³/mol. The number of hydrazone groups is 1. The Hall–Kier alpha value is -3.68. The average Bonchev–Trinajstić information content (AvgIpc) is 2.70. The van der Waals surface area contributed by atoms with Gasteiger partial charge in [0.2, 0.25) is 0 Å². The number of carboxylic acids is 1. The summed E-state index contributed by atoms with van der Waals surface area (Å²) in [7, 11) is 0. The summed E-state index contributed by atoms with van der Waals surface area (Å²) < 4.78 is 0. The molecule has 8 nitrogen and oxygen atoms in total. The Balaban J connectivity index is 1.91. The van der Waals surface area contributed by atoms with Crippen LogP contribution >= 0.6 is 0 Å². The third-order valence-electron chi connectivity index (χ3n) is 3.98. The highest BCUT2D eigenvalue weighted by Gasteiger charge is 2.13. The third-order valence-corrected chi connectivity index (χ3v) is 3.98. The molecule has 2 aromatic rings. The van der Waals surface area contributed by atoms with Gasteiger partial charge in [-0.3, -0.25) is 9.59 Å². The fourth-order valence-corrected chi connectivity index (χ4v) is 2.49. The molecule has 0 aliphatic rings. The van der Waals surface area contributed by atoms with Gasteiger partial charge in [-0.2, -0.15) is 5.10 Å². The van der Waals surface area contributed by atoms with Gasteiger partial charge < -0.3 is 15.3 Å². The Kier molecular flexibility index (Phi) is 7.27. The van der Waals surface area contributed by atoms with E-state index in [1.165, 1.54) is 30.5 Å². The average molecular weight is 382 g/mol. The smallest absolute Gasteiger partial charge is 0.335 e. The lowest BCUT2D eigenvalue weighted by Gasteiger charge is -2.20. The molecular weight excluding hydrogens is 360 g/mol. The van der Waals surface area contributed by atoms with Crippen molar-refractivity contribution in [2.75, 3.05) is 23.3 Å². The number of aromatic carboxylic acids is 1. The molecule has 0 radical (unpaired) electrons. The standard InChI is InChI=1S/C20H22N4O4/c1-3-24(4-2)17-10-8-14(9-11-17)13-21-23-19(26)18(25)22-16-7-5-6-15(12-16)20(27)28/h5-13H,3-4H2,1-2H3,(H,22,25)(H,23,26)(H,27,28)/b21-13+. The Bertz CT molecular complexity index is 874. The summed E-state index contributed by atoms with van der Waals surface area (Å²) in [6.45, 7) is 5.98. The molecule has 2 aromatic carbocycles. The lowest BCUT2D eigenvalue weighted by Crippen LogP contribution is -2.32. The van der Waals surface area contributed by atoms with E-state index in [0.29, 0.717) is 0 Å². The molecular formula is C20H22N4O4. The van der Waals surface area contributed by atoms with Crippen molar-refractivity contribution in [3.63, 3.8) is 0 Å². The summed E-state index contributed by atoms with van der Waals surface area (Å²) in [6, 6.07) is 13.2. The van der Waals surface area contributed by atoms with Crippen LogP contribution in [0.5, 0.6) is 0 Å². The number of nitrogens with one attached hydrogen (secondary N) is 2. The van der Waals surface area contributed by atoms with E-state index < -0.39 is 17.8 Å². The molecule has 0 aliphatic heterocycles. The van der Waals surface area contributed by atoms with Crippen LogP contribution in [0.1, 0.15) is 29.8 Å². The number of carbonyl (C=O) groups excluding carboxylic acids is 2. The fourth-order valence-electron chi connectivity index (χ4n) is 2.49. The van der Waals surface area contributed by atoms with Gasteiger partial charge in [0, 0.05) is 24.5 Å². The van der Waals surface area contributed by atoms with Gasteiger partial charge in [0.05, 0.1) is 11.8 Å². The Morgan fingerprint density at radius 2 is 1.71 bits per heavy atom. The van der Waals surface area contributed by atoms with E-state index in [9.17, 15) is 14.4 Å². The number of nitrogens with zero attached hydrogens (tertiary/aromatic N) is 2. The monoisotopic (exact) mass is 382 g/mol. The van der Waals surface area contributed by atoms with Crippen molar-refractivity contribution in [2.24, 2.45) is 5.10 Å². The first kappa shape index (κ1) is 20.6. The summed E-state index contributed by atoms with van der Waals surface area (Å²) >= 11 is 0. The number of anilines is 2. The number of carbonyl (C=O) groups is 3. The van der Waals surface area contributed by atoms with Crippen molar-refractivity contribution in [3.8, 4) is 0 Å². The summed E-state index contributed by atoms with van der Waals surface area (Å²) in [5.74, 6) is -3.04. The van der Waals surface area contributed by atoms with Crippen molar-refractivity contribution >= 4 is 35.4 Å². The number of amides is 2. The highest BCUT2D eigenvalue weighted by atomic mass is 16.4. The molecule has 2 amide bonds. The summed E-state index contributed by atoms with van der Waals surface area (Å²) in [6.07, 6.45) is 1.43. The number of benzene rings is 2. The van der Waals surface area contributed by atoms with E-state index in [4.69, 9.17) is 5.11 Å². The molecule has 2 rings (SSSR count). The summed E-state index contributed by atoms with van der Waals surface area (Å²) in [5, 5.41) is 15.0. The first-order valence-corrected chi connectivity index (χ1v) is 8.77. The zero-order chi connectivity index (χ0) is 20.5. The predicted octanol–water partition coefficient (Wildman–Crippen LogP) is 2.32. The molecule has 0 aliphatic carbocycles. The van der Waals surface area contributed by atoms with Gasteiger partial charge in [0.1, 0.15) is 0 Å². The van der Waals surface area contributed by atoms with Crippen molar-refractivity contribution < 1.29 is 19.5 Å². The van der Waals surface area contributed by atoms with Crippen LogP contribution in [0.15, 0.2) is 53.6 Å². The van der Waals surface area contributed by atoms with Crippen LogP contribution in [-0.4, -0.2) is 42.2 Å². The Labute approximate surface area is 162 Å². The minimum absolute atomic E-state index is 0.00406. The summed E-state index contributed by atoms with van der Waals surface area (Å²) in [4.78, 5) is 36.8. The zero-order valence-electron chi connectivity index (χ0n) is 15.7. The lowest BCUT2D eigenvalue weighted by atomic mass is 10.2. The number of hydrogen-bond donors (Lipinski definition) is 3. The fraction of sp³-hybridized carbons (Fsp3) is 0.200. The van der Waals surface area contributed by atoms with Gasteiger partial charge in [0.25, 0.3) is 0 Å². The van der Waals surface area contributed by atoms with Gasteiger partial charge in [-0.15, -0.1) is 0 Å². The van der Waals surface area contributed by atoms with Gasteiger partial charge in [-0.05, 0) is 49.7 Å². The summed E-state index contributed by atoms with van der Waals surface area (Å²) in [5.41, 5.74) is 4.21. The molecule has 0 spiro atoms.